The number of carboxylic acids is 1. The third-order valence-corrected chi connectivity index (χ3v) is 6.52. The summed E-state index contributed by atoms with van der Waals surface area (Å²) in [6, 6.07) is 6.50. The zero-order valence-corrected chi connectivity index (χ0v) is 19.0. The van der Waals surface area contributed by atoms with Crippen molar-refractivity contribution in [2.45, 2.75) is 20.4 Å². The van der Waals surface area contributed by atoms with E-state index in [1.54, 1.807) is 18.2 Å². The maximum atomic E-state index is 15.5. The summed E-state index contributed by atoms with van der Waals surface area (Å²) in [7, 11) is 0. The average Bonchev–Trinajstić information content (AvgIpc) is 2.82. The summed E-state index contributed by atoms with van der Waals surface area (Å²) in [5, 5.41) is 12.4. The molecule has 1 saturated heterocycles. The van der Waals surface area contributed by atoms with Crippen molar-refractivity contribution >= 4 is 40.1 Å². The lowest BCUT2D eigenvalue weighted by Crippen LogP contribution is -2.46. The molecule has 1 aromatic heterocycles. The van der Waals surface area contributed by atoms with Gasteiger partial charge in [0.1, 0.15) is 12.1 Å². The number of urea groups is 1. The molecule has 2 aliphatic rings. The summed E-state index contributed by atoms with van der Waals surface area (Å²) in [5.74, 6) is -0.961. The van der Waals surface area contributed by atoms with E-state index >= 15 is 4.39 Å². The van der Waals surface area contributed by atoms with E-state index in [1.807, 2.05) is 19.9 Å². The summed E-state index contributed by atoms with van der Waals surface area (Å²) >= 11 is 0. The molecule has 3 aromatic rings. The third kappa shape index (κ3) is 3.69. The molecule has 2 N–H and O–H groups in total. The molecule has 176 valence electrons. The number of piperazine rings is 1. The number of rotatable bonds is 5. The number of aryl methyl sites for hydroxylation is 1. The molecule has 0 spiro atoms. The number of anilines is 3. The minimum absolute atomic E-state index is 0.144. The topological polar surface area (TPSA) is 102 Å². The monoisotopic (exact) mass is 464 g/mol. The van der Waals surface area contributed by atoms with Crippen LogP contribution in [0.25, 0.3) is 10.9 Å². The van der Waals surface area contributed by atoms with E-state index in [9.17, 15) is 14.7 Å². The molecule has 0 atom stereocenters. The Morgan fingerprint density at radius 3 is 2.62 bits per heavy atom. The number of hydrogen-bond donors (Lipinski definition) is 2. The Bertz CT molecular complexity index is 1310. The highest BCUT2D eigenvalue weighted by Gasteiger charge is 2.30. The van der Waals surface area contributed by atoms with E-state index in [-0.39, 0.29) is 11.3 Å². The fraction of sp³-hybridized carbons (Fsp3) is 0.333. The normalized spacial score (nSPS) is 16.1. The van der Waals surface area contributed by atoms with E-state index in [1.165, 1.54) is 11.2 Å². The SMILES string of the molecule is CCN1C(=O)Nc2c(F)c(CN3CCN(c4ccc(C(=O)O)cc4C)CC3)cc3ncnc1c23. The van der Waals surface area contributed by atoms with E-state index in [0.29, 0.717) is 35.4 Å². The van der Waals surface area contributed by atoms with Gasteiger partial charge in [-0.3, -0.25) is 9.80 Å². The largest absolute Gasteiger partial charge is 0.478 e. The Morgan fingerprint density at radius 1 is 1.18 bits per heavy atom. The molecule has 0 saturated carbocycles. The van der Waals surface area contributed by atoms with Gasteiger partial charge < -0.3 is 15.3 Å². The van der Waals surface area contributed by atoms with Gasteiger partial charge in [0, 0.05) is 50.5 Å². The number of carbonyl (C=O) groups is 2. The van der Waals surface area contributed by atoms with Crippen molar-refractivity contribution in [2.75, 3.05) is 47.8 Å². The predicted octanol–water partition coefficient (Wildman–Crippen LogP) is 3.47. The predicted molar refractivity (Wildman–Crippen MR) is 127 cm³/mol. The van der Waals surface area contributed by atoms with Crippen LogP contribution in [0.3, 0.4) is 0 Å². The second-order valence-electron chi connectivity index (χ2n) is 8.56. The third-order valence-electron chi connectivity index (χ3n) is 6.52. The van der Waals surface area contributed by atoms with Gasteiger partial charge in [0.05, 0.1) is 22.2 Å². The molecule has 2 amide bonds. The maximum Gasteiger partial charge on any atom is 0.335 e. The van der Waals surface area contributed by atoms with Crippen LogP contribution in [0.1, 0.15) is 28.4 Å². The van der Waals surface area contributed by atoms with Crippen LogP contribution < -0.4 is 15.1 Å². The molecule has 2 aromatic carbocycles. The Hall–Kier alpha value is -3.79. The van der Waals surface area contributed by atoms with Crippen LogP contribution in [-0.4, -0.2) is 64.7 Å². The number of benzene rings is 2. The molecule has 0 aliphatic carbocycles. The highest BCUT2D eigenvalue weighted by Crippen LogP contribution is 2.38. The number of hydrogen-bond acceptors (Lipinski definition) is 6. The van der Waals surface area contributed by atoms with Gasteiger partial charge in [-0.1, -0.05) is 0 Å². The van der Waals surface area contributed by atoms with Crippen molar-refractivity contribution in [2.24, 2.45) is 0 Å². The zero-order valence-electron chi connectivity index (χ0n) is 19.0. The maximum absolute atomic E-state index is 15.5. The van der Waals surface area contributed by atoms with Crippen LogP contribution in [0.2, 0.25) is 0 Å². The van der Waals surface area contributed by atoms with Gasteiger partial charge in [-0.25, -0.2) is 23.9 Å². The van der Waals surface area contributed by atoms with Crippen LogP contribution in [0.15, 0.2) is 30.6 Å². The van der Waals surface area contributed by atoms with Gasteiger partial charge in [-0.15, -0.1) is 0 Å². The molecule has 1 fully saturated rings. The molecular formula is C24H25FN6O3. The first-order valence-electron chi connectivity index (χ1n) is 11.2. The first-order valence-corrected chi connectivity index (χ1v) is 11.2. The van der Waals surface area contributed by atoms with Crippen molar-refractivity contribution in [1.82, 2.24) is 14.9 Å². The number of carboxylic acid groups (broad SMARTS) is 1. The second-order valence-corrected chi connectivity index (χ2v) is 8.56. The number of aromatic carboxylic acids is 1. The van der Waals surface area contributed by atoms with Crippen molar-refractivity contribution < 1.29 is 19.1 Å². The Kier molecular flexibility index (Phi) is 5.52. The highest BCUT2D eigenvalue weighted by atomic mass is 19.1. The van der Waals surface area contributed by atoms with Gasteiger partial charge in [0.15, 0.2) is 5.82 Å². The van der Waals surface area contributed by atoms with E-state index in [0.717, 1.165) is 37.4 Å². The van der Waals surface area contributed by atoms with Crippen LogP contribution in [-0.2, 0) is 6.54 Å². The van der Waals surface area contributed by atoms with Gasteiger partial charge >= 0.3 is 12.0 Å². The molecule has 3 heterocycles. The number of aromatic nitrogens is 2. The molecule has 0 unspecified atom stereocenters. The molecule has 0 bridgehead atoms. The smallest absolute Gasteiger partial charge is 0.335 e. The fourth-order valence-electron chi connectivity index (χ4n) is 4.77. The van der Waals surface area contributed by atoms with Gasteiger partial charge in [-0.2, -0.15) is 0 Å². The summed E-state index contributed by atoms with van der Waals surface area (Å²) in [5.41, 5.74) is 3.43. The lowest BCUT2D eigenvalue weighted by Gasteiger charge is -2.37. The Labute approximate surface area is 195 Å². The molecule has 9 nitrogen and oxygen atoms in total. The molecule has 2 aliphatic heterocycles. The van der Waals surface area contributed by atoms with Gasteiger partial charge in [0.25, 0.3) is 0 Å². The first-order chi connectivity index (χ1) is 16.4. The fourth-order valence-corrected chi connectivity index (χ4v) is 4.77. The lowest BCUT2D eigenvalue weighted by atomic mass is 10.0. The van der Waals surface area contributed by atoms with Gasteiger partial charge in [-0.05, 0) is 43.7 Å². The van der Waals surface area contributed by atoms with E-state index < -0.39 is 17.8 Å². The van der Waals surface area contributed by atoms with Crippen molar-refractivity contribution in [3.8, 4) is 0 Å². The standard InChI is InChI=1S/C24H25FN6O3/c1-3-31-22-19-17(26-13-27-22)11-16(20(25)21(19)28-24(31)34)12-29-6-8-30(9-7-29)18-5-4-15(23(32)33)10-14(18)2/h4-5,10-11,13H,3,6-9,12H2,1-2H3,(H,28,34)(H,32,33). The Morgan fingerprint density at radius 2 is 1.94 bits per heavy atom. The number of nitrogens with one attached hydrogen (secondary N) is 1. The minimum atomic E-state index is -0.938. The minimum Gasteiger partial charge on any atom is -0.478 e. The molecule has 0 radical (unpaired) electrons. The van der Waals surface area contributed by atoms with Crippen molar-refractivity contribution in [3.63, 3.8) is 0 Å². The quantitative estimate of drug-likeness (QED) is 0.596. The van der Waals surface area contributed by atoms with Crippen molar-refractivity contribution in [1.29, 1.82) is 0 Å². The summed E-state index contributed by atoms with van der Waals surface area (Å²) < 4.78 is 15.5. The highest BCUT2D eigenvalue weighted by molar-refractivity contribution is 6.17. The average molecular weight is 465 g/mol. The first kappa shape index (κ1) is 22.0. The summed E-state index contributed by atoms with van der Waals surface area (Å²) in [4.78, 5) is 38.1. The van der Waals surface area contributed by atoms with Crippen LogP contribution in [0.4, 0.5) is 26.4 Å². The molecule has 10 heteroatoms. The summed E-state index contributed by atoms with van der Waals surface area (Å²) in [6.45, 7) is 7.48. The zero-order chi connectivity index (χ0) is 24.0. The molecular weight excluding hydrogens is 439 g/mol. The number of amides is 2. The molecule has 34 heavy (non-hydrogen) atoms. The summed E-state index contributed by atoms with van der Waals surface area (Å²) in [6.07, 6.45) is 1.40. The van der Waals surface area contributed by atoms with E-state index in [4.69, 9.17) is 0 Å². The number of halogens is 1. The molecule has 5 rings (SSSR count). The second kappa shape index (κ2) is 8.53. The number of nitrogens with zero attached hydrogens (tertiary/aromatic N) is 5. The van der Waals surface area contributed by atoms with E-state index in [2.05, 4.69) is 25.1 Å². The number of carbonyl (C=O) groups excluding carboxylic acids is 1. The van der Waals surface area contributed by atoms with Crippen molar-refractivity contribution in [3.05, 3.63) is 53.1 Å². The van der Waals surface area contributed by atoms with Crippen LogP contribution in [0.5, 0.6) is 0 Å². The van der Waals surface area contributed by atoms with Crippen LogP contribution in [0, 0.1) is 12.7 Å². The van der Waals surface area contributed by atoms with Crippen LogP contribution >= 0.6 is 0 Å². The lowest BCUT2D eigenvalue weighted by molar-refractivity contribution is 0.0696. The Balaban J connectivity index is 1.35. The van der Waals surface area contributed by atoms with Gasteiger partial charge in [0.2, 0.25) is 0 Å².